The fourth-order valence-electron chi connectivity index (χ4n) is 3.80. The largest absolute Gasteiger partial charge is 0.444 e. The van der Waals surface area contributed by atoms with E-state index in [1.807, 2.05) is 32.0 Å². The van der Waals surface area contributed by atoms with Crippen LogP contribution in [0.4, 0.5) is 10.5 Å². The van der Waals surface area contributed by atoms with Crippen molar-refractivity contribution in [2.24, 2.45) is 5.92 Å². The minimum absolute atomic E-state index is 0.133. The van der Waals surface area contributed by atoms with Crippen LogP contribution in [0.15, 0.2) is 42.5 Å². The molecule has 37 heavy (non-hydrogen) atoms. The molecule has 0 bridgehead atoms. The van der Waals surface area contributed by atoms with Crippen LogP contribution in [-0.4, -0.2) is 52.7 Å². The first kappa shape index (κ1) is 30.1. The number of nitrogens with one attached hydrogen (secondary N) is 2. The monoisotopic (exact) mass is 531 g/mol. The topological polar surface area (TPSA) is 108 Å². The highest BCUT2D eigenvalue weighted by Crippen LogP contribution is 2.30. The van der Waals surface area contributed by atoms with Crippen LogP contribution in [-0.2, 0) is 14.3 Å². The number of hydrogen-bond donors (Lipinski definition) is 3. The number of carbonyl (C=O) groups excluding carboxylic acids is 3. The quantitative estimate of drug-likeness (QED) is 0.421. The fraction of sp³-hybridized carbons (Fsp3) is 0.464. The molecule has 0 aliphatic rings. The second-order valence-electron chi connectivity index (χ2n) is 10.4. The summed E-state index contributed by atoms with van der Waals surface area (Å²) >= 11 is 6.35. The number of hydrogen-bond acceptors (Lipinski definition) is 5. The summed E-state index contributed by atoms with van der Waals surface area (Å²) in [6.07, 6.45) is -0.744. The Hall–Kier alpha value is -3.10. The van der Waals surface area contributed by atoms with Gasteiger partial charge in [0.05, 0.1) is 17.3 Å². The number of nitrogens with zero attached hydrogens (tertiary/aromatic N) is 1. The van der Waals surface area contributed by atoms with Gasteiger partial charge in [0.25, 0.3) is 5.91 Å². The number of alkyl carbamates (subject to hydrolysis) is 1. The Kier molecular flexibility index (Phi) is 10.5. The first-order chi connectivity index (χ1) is 17.2. The van der Waals surface area contributed by atoms with Gasteiger partial charge in [-0.1, -0.05) is 67.4 Å². The van der Waals surface area contributed by atoms with Crippen molar-refractivity contribution in [3.63, 3.8) is 0 Å². The lowest BCUT2D eigenvalue weighted by molar-refractivity contribution is -0.142. The molecule has 0 aromatic heterocycles. The predicted octanol–water partition coefficient (Wildman–Crippen LogP) is 5.01. The van der Waals surface area contributed by atoms with Gasteiger partial charge in [0, 0.05) is 6.54 Å². The van der Waals surface area contributed by atoms with E-state index in [9.17, 15) is 19.5 Å². The number of aliphatic hydroxyl groups excluding tert-OH is 1. The molecule has 0 aliphatic carbocycles. The lowest BCUT2D eigenvalue weighted by Gasteiger charge is -2.35. The summed E-state index contributed by atoms with van der Waals surface area (Å²) in [6, 6.07) is 10.4. The summed E-state index contributed by atoms with van der Waals surface area (Å²) in [7, 11) is 0. The van der Waals surface area contributed by atoms with Gasteiger partial charge in [-0.15, -0.1) is 0 Å². The third kappa shape index (κ3) is 8.47. The standard InChI is InChI=1S/C28H38ClN3O5/c1-17(2)22(31-27(36)37-28(5,6)7)26(35)32(15-16-33)24(20-13-11-18(3)12-14-20)25(34)30-23-19(4)9-8-10-21(23)29/h8-14,17,22,24,33H,15-16H2,1-7H3,(H,30,34)(H,31,36). The van der Waals surface area contributed by atoms with Crippen LogP contribution >= 0.6 is 11.6 Å². The molecular formula is C28H38ClN3O5. The minimum Gasteiger partial charge on any atom is -0.444 e. The number of benzene rings is 2. The van der Waals surface area contributed by atoms with Crippen molar-refractivity contribution in [1.29, 1.82) is 0 Å². The second-order valence-corrected chi connectivity index (χ2v) is 10.8. The second kappa shape index (κ2) is 12.9. The molecule has 2 rings (SSSR count). The number of halogens is 1. The van der Waals surface area contributed by atoms with Gasteiger partial charge in [0.15, 0.2) is 0 Å². The van der Waals surface area contributed by atoms with Crippen molar-refractivity contribution < 1.29 is 24.2 Å². The molecule has 0 radical (unpaired) electrons. The van der Waals surface area contributed by atoms with Gasteiger partial charge in [0.1, 0.15) is 17.7 Å². The fourth-order valence-corrected chi connectivity index (χ4v) is 4.07. The SMILES string of the molecule is Cc1ccc(C(C(=O)Nc2c(C)cccc2Cl)N(CCO)C(=O)C(NC(=O)OC(C)(C)C)C(C)C)cc1. The third-order valence-electron chi connectivity index (χ3n) is 5.65. The Balaban J connectivity index is 2.51. The maximum Gasteiger partial charge on any atom is 0.408 e. The molecule has 2 atom stereocenters. The summed E-state index contributed by atoms with van der Waals surface area (Å²) in [6.45, 7) is 12.0. The van der Waals surface area contributed by atoms with Gasteiger partial charge in [0.2, 0.25) is 5.91 Å². The van der Waals surface area contributed by atoms with Crippen LogP contribution in [0.25, 0.3) is 0 Å². The van der Waals surface area contributed by atoms with Gasteiger partial charge in [-0.2, -0.15) is 0 Å². The molecule has 3 N–H and O–H groups in total. The van der Waals surface area contributed by atoms with Gasteiger partial charge in [-0.3, -0.25) is 9.59 Å². The number of aryl methyl sites for hydroxylation is 2. The van der Waals surface area contributed by atoms with E-state index in [-0.39, 0.29) is 19.1 Å². The summed E-state index contributed by atoms with van der Waals surface area (Å²) in [4.78, 5) is 41.5. The smallest absolute Gasteiger partial charge is 0.408 e. The van der Waals surface area contributed by atoms with Crippen molar-refractivity contribution in [2.75, 3.05) is 18.5 Å². The molecule has 0 saturated carbocycles. The first-order valence-electron chi connectivity index (χ1n) is 12.3. The molecule has 3 amide bonds. The van der Waals surface area contributed by atoms with Crippen LogP contribution in [0, 0.1) is 19.8 Å². The molecule has 0 aliphatic heterocycles. The molecule has 2 aromatic rings. The number of amides is 3. The Morgan fingerprint density at radius 3 is 2.19 bits per heavy atom. The lowest BCUT2D eigenvalue weighted by atomic mass is 9.98. The van der Waals surface area contributed by atoms with Crippen molar-refractivity contribution in [3.8, 4) is 0 Å². The Labute approximate surface area is 224 Å². The highest BCUT2D eigenvalue weighted by Gasteiger charge is 2.37. The van der Waals surface area contributed by atoms with E-state index in [0.29, 0.717) is 16.3 Å². The van der Waals surface area contributed by atoms with Crippen molar-refractivity contribution in [1.82, 2.24) is 10.2 Å². The van der Waals surface area contributed by atoms with Gasteiger partial charge >= 0.3 is 6.09 Å². The van der Waals surface area contributed by atoms with E-state index in [1.165, 1.54) is 4.90 Å². The van der Waals surface area contributed by atoms with Crippen LogP contribution in [0.3, 0.4) is 0 Å². The van der Waals surface area contributed by atoms with Gasteiger partial charge < -0.3 is 25.4 Å². The highest BCUT2D eigenvalue weighted by molar-refractivity contribution is 6.34. The summed E-state index contributed by atoms with van der Waals surface area (Å²) < 4.78 is 5.36. The summed E-state index contributed by atoms with van der Waals surface area (Å²) in [5.74, 6) is -1.35. The van der Waals surface area contributed by atoms with Gasteiger partial charge in [-0.05, 0) is 57.7 Å². The van der Waals surface area contributed by atoms with E-state index in [2.05, 4.69) is 10.6 Å². The maximum absolute atomic E-state index is 13.9. The average molecular weight is 532 g/mol. The zero-order valence-corrected chi connectivity index (χ0v) is 23.3. The number of anilines is 1. The van der Waals surface area contributed by atoms with E-state index < -0.39 is 35.6 Å². The van der Waals surface area contributed by atoms with E-state index in [1.54, 1.807) is 58.9 Å². The van der Waals surface area contributed by atoms with E-state index in [0.717, 1.165) is 11.1 Å². The number of ether oxygens (including phenoxy) is 1. The Morgan fingerprint density at radius 2 is 1.68 bits per heavy atom. The van der Waals surface area contributed by atoms with Crippen molar-refractivity contribution >= 4 is 35.2 Å². The number of carbonyl (C=O) groups is 3. The Morgan fingerprint density at radius 1 is 1.05 bits per heavy atom. The van der Waals surface area contributed by atoms with Crippen molar-refractivity contribution in [2.45, 2.75) is 66.2 Å². The highest BCUT2D eigenvalue weighted by atomic mass is 35.5. The predicted molar refractivity (Wildman–Crippen MR) is 146 cm³/mol. The minimum atomic E-state index is -1.10. The summed E-state index contributed by atoms with van der Waals surface area (Å²) in [5, 5.41) is 15.8. The van der Waals surface area contributed by atoms with Crippen LogP contribution < -0.4 is 10.6 Å². The van der Waals surface area contributed by atoms with E-state index >= 15 is 0 Å². The molecule has 0 heterocycles. The normalized spacial score (nSPS) is 13.0. The lowest BCUT2D eigenvalue weighted by Crippen LogP contribution is -2.55. The average Bonchev–Trinajstić information content (AvgIpc) is 2.79. The maximum atomic E-state index is 13.9. The first-order valence-corrected chi connectivity index (χ1v) is 12.7. The molecule has 8 nitrogen and oxygen atoms in total. The van der Waals surface area contributed by atoms with E-state index in [4.69, 9.17) is 16.3 Å². The molecule has 202 valence electrons. The zero-order valence-electron chi connectivity index (χ0n) is 22.6. The van der Waals surface area contributed by atoms with Gasteiger partial charge in [-0.25, -0.2) is 4.79 Å². The molecule has 0 saturated heterocycles. The molecule has 2 unspecified atom stereocenters. The number of aliphatic hydroxyl groups is 1. The molecule has 9 heteroatoms. The zero-order chi connectivity index (χ0) is 27.9. The van der Waals surface area contributed by atoms with Crippen LogP contribution in [0.1, 0.15) is 57.4 Å². The van der Waals surface area contributed by atoms with Crippen molar-refractivity contribution in [3.05, 3.63) is 64.2 Å². The van der Waals surface area contributed by atoms with Crippen LogP contribution in [0.5, 0.6) is 0 Å². The Bertz CT molecular complexity index is 1080. The van der Waals surface area contributed by atoms with Crippen LogP contribution in [0.2, 0.25) is 5.02 Å². The summed E-state index contributed by atoms with van der Waals surface area (Å²) in [5.41, 5.74) is 1.98. The molecule has 0 spiro atoms. The number of para-hydroxylation sites is 1. The third-order valence-corrected chi connectivity index (χ3v) is 5.97. The molecule has 0 fully saturated rings. The molecular weight excluding hydrogens is 494 g/mol. The molecule has 2 aromatic carbocycles. The number of rotatable bonds is 9.